The lowest BCUT2D eigenvalue weighted by molar-refractivity contribution is -0.182. The van der Waals surface area contributed by atoms with E-state index in [9.17, 15) is 19.5 Å². The number of aliphatic hydroxyl groups excluding tert-OH is 1. The zero-order valence-electron chi connectivity index (χ0n) is 26.0. The molecule has 0 spiro atoms. The maximum absolute atomic E-state index is 13.4. The molecule has 0 heterocycles. The maximum Gasteiger partial charge on any atom is 0.303 e. The molecule has 5 rings (SSSR count). The summed E-state index contributed by atoms with van der Waals surface area (Å²) in [5.41, 5.74) is 5.18. The third-order valence-corrected chi connectivity index (χ3v) is 11.2. The second kappa shape index (κ2) is 12.5. The van der Waals surface area contributed by atoms with Crippen molar-refractivity contribution in [3.8, 4) is 0 Å². The number of benzene rings is 1. The molecule has 228 valence electrons. The van der Waals surface area contributed by atoms with Gasteiger partial charge in [-0.3, -0.25) is 9.59 Å². The number of aliphatic hydroxyl groups is 1. The molecule has 1 unspecified atom stereocenters. The summed E-state index contributed by atoms with van der Waals surface area (Å²) < 4.78 is 6.06. The number of ether oxygens (including phenoxy) is 1. The van der Waals surface area contributed by atoms with Crippen LogP contribution in [-0.4, -0.2) is 48.4 Å². The van der Waals surface area contributed by atoms with Crippen LogP contribution in [-0.2, 0) is 19.1 Å². The van der Waals surface area contributed by atoms with Crippen LogP contribution in [0.25, 0.3) is 0 Å². The number of esters is 1. The van der Waals surface area contributed by atoms with Gasteiger partial charge in [0.15, 0.2) is 11.4 Å². The van der Waals surface area contributed by atoms with Crippen molar-refractivity contribution in [3.05, 3.63) is 52.6 Å². The molecule has 0 aliphatic heterocycles. The number of fused-ring (bicyclic) bond motifs is 4. The molecule has 0 bridgehead atoms. The van der Waals surface area contributed by atoms with E-state index in [0.29, 0.717) is 18.8 Å². The third kappa shape index (κ3) is 5.52. The average Bonchev–Trinajstić information content (AvgIpc) is 3.26. The van der Waals surface area contributed by atoms with Crippen molar-refractivity contribution >= 4 is 23.7 Å². The van der Waals surface area contributed by atoms with Gasteiger partial charge in [0.1, 0.15) is 6.29 Å². The zero-order chi connectivity index (χ0) is 30.1. The van der Waals surface area contributed by atoms with Crippen LogP contribution in [0.3, 0.4) is 0 Å². The summed E-state index contributed by atoms with van der Waals surface area (Å²) in [6.07, 6.45) is 13.5. The van der Waals surface area contributed by atoms with Gasteiger partial charge in [-0.25, -0.2) is 0 Å². The maximum atomic E-state index is 13.4. The summed E-state index contributed by atoms with van der Waals surface area (Å²) in [7, 11) is 2.14. The number of hydrogen-bond acceptors (Lipinski definition) is 6. The summed E-state index contributed by atoms with van der Waals surface area (Å²) in [6.45, 7) is 6.23. The first-order valence-corrected chi connectivity index (χ1v) is 16.2. The standard InChI is InChI=1S/C36H49NO5/c1-24(39)36(42-25(2)40)19-18-33-31-16-12-27-22-29(41)15-17-30(27)34(31)32(23-35(33,36)3)26-10-13-28(14-11-26)37(4)20-8-6-5-7-9-21-38/h10-11,13-14,21-22,29,31-33,41H,5-9,12,15-20,23H2,1-4H3/t29?,31-,32+,33-,35-,36-/m0/s1. The highest BCUT2D eigenvalue weighted by molar-refractivity contribution is 5.89. The van der Waals surface area contributed by atoms with Gasteiger partial charge in [0.05, 0.1) is 6.10 Å². The minimum absolute atomic E-state index is 0.0298. The lowest BCUT2D eigenvalue weighted by Crippen LogP contribution is -2.57. The predicted octanol–water partition coefficient (Wildman–Crippen LogP) is 6.85. The number of hydrogen-bond donors (Lipinski definition) is 1. The minimum atomic E-state index is -1.08. The van der Waals surface area contributed by atoms with E-state index in [1.807, 2.05) is 0 Å². The number of anilines is 1. The highest BCUT2D eigenvalue weighted by Crippen LogP contribution is 2.67. The van der Waals surface area contributed by atoms with Gasteiger partial charge in [0, 0.05) is 44.0 Å². The largest absolute Gasteiger partial charge is 0.451 e. The van der Waals surface area contributed by atoms with E-state index in [1.54, 1.807) is 6.92 Å². The van der Waals surface area contributed by atoms with Gasteiger partial charge in [-0.1, -0.05) is 43.5 Å². The van der Waals surface area contributed by atoms with E-state index in [4.69, 9.17) is 4.74 Å². The molecule has 6 atom stereocenters. The first kappa shape index (κ1) is 30.7. The number of carbonyl (C=O) groups excluding carboxylic acids is 3. The van der Waals surface area contributed by atoms with Crippen LogP contribution in [0, 0.1) is 17.3 Å². The molecule has 6 heteroatoms. The molecule has 4 aliphatic carbocycles. The fraction of sp³-hybridized carbons (Fsp3) is 0.639. The van der Waals surface area contributed by atoms with Crippen LogP contribution < -0.4 is 4.90 Å². The van der Waals surface area contributed by atoms with Crippen molar-refractivity contribution in [2.75, 3.05) is 18.5 Å². The van der Waals surface area contributed by atoms with Crippen molar-refractivity contribution in [1.82, 2.24) is 0 Å². The van der Waals surface area contributed by atoms with Crippen LogP contribution in [0.1, 0.15) is 109 Å². The van der Waals surface area contributed by atoms with Crippen LogP contribution in [0.2, 0.25) is 0 Å². The summed E-state index contributed by atoms with van der Waals surface area (Å²) in [4.78, 5) is 38.6. The van der Waals surface area contributed by atoms with E-state index < -0.39 is 11.0 Å². The van der Waals surface area contributed by atoms with Crippen molar-refractivity contribution in [2.45, 2.75) is 115 Å². The van der Waals surface area contributed by atoms with Gasteiger partial charge in [0.25, 0.3) is 0 Å². The van der Waals surface area contributed by atoms with Crippen molar-refractivity contribution in [1.29, 1.82) is 0 Å². The van der Waals surface area contributed by atoms with E-state index in [2.05, 4.69) is 49.2 Å². The molecule has 2 saturated carbocycles. The molecule has 42 heavy (non-hydrogen) atoms. The number of nitrogens with zero attached hydrogens (tertiary/aromatic N) is 1. The Balaban J connectivity index is 1.48. The third-order valence-electron chi connectivity index (χ3n) is 11.2. The summed E-state index contributed by atoms with van der Waals surface area (Å²) in [6, 6.07) is 8.97. The van der Waals surface area contributed by atoms with Gasteiger partial charge in [-0.15, -0.1) is 0 Å². The Morgan fingerprint density at radius 1 is 1.05 bits per heavy atom. The van der Waals surface area contributed by atoms with E-state index in [0.717, 1.165) is 77.0 Å². The van der Waals surface area contributed by atoms with E-state index in [-0.39, 0.29) is 29.7 Å². The SMILES string of the molecule is CC(=O)O[C@]1(C(C)=O)CC[C@H]2[C@@H]3CCC4=CC(O)CCC4=C3[C@@H](c3ccc(N(C)CCCCCCC=O)cc3)C[C@@]21C. The summed E-state index contributed by atoms with van der Waals surface area (Å²) >= 11 is 0. The Kier molecular flexibility index (Phi) is 9.13. The fourth-order valence-electron chi connectivity index (χ4n) is 9.15. The summed E-state index contributed by atoms with van der Waals surface area (Å²) in [5.74, 6) is 0.353. The second-order valence-electron chi connectivity index (χ2n) is 13.6. The molecule has 1 aromatic carbocycles. The number of allylic oxidation sites excluding steroid dienone is 3. The van der Waals surface area contributed by atoms with Crippen LogP contribution in [0.5, 0.6) is 0 Å². The molecule has 0 amide bonds. The smallest absolute Gasteiger partial charge is 0.303 e. The van der Waals surface area contributed by atoms with Gasteiger partial charge >= 0.3 is 5.97 Å². The minimum Gasteiger partial charge on any atom is -0.451 e. The first-order chi connectivity index (χ1) is 20.1. The molecule has 1 aromatic rings. The number of unbranched alkanes of at least 4 members (excludes halogenated alkanes) is 4. The number of aldehydes is 1. The Morgan fingerprint density at radius 2 is 1.79 bits per heavy atom. The molecule has 2 fully saturated rings. The van der Waals surface area contributed by atoms with Crippen molar-refractivity contribution in [3.63, 3.8) is 0 Å². The van der Waals surface area contributed by atoms with Crippen molar-refractivity contribution < 1.29 is 24.2 Å². The van der Waals surface area contributed by atoms with Crippen LogP contribution >= 0.6 is 0 Å². The average molecular weight is 576 g/mol. The van der Waals surface area contributed by atoms with Gasteiger partial charge in [-0.2, -0.15) is 0 Å². The molecule has 6 nitrogen and oxygen atoms in total. The number of ketones is 1. The Labute approximate surface area is 251 Å². The fourth-order valence-corrected chi connectivity index (χ4v) is 9.15. The number of Topliss-reactive ketones (excluding diaryl/α,β-unsaturated/α-hetero) is 1. The van der Waals surface area contributed by atoms with Gasteiger partial charge in [0.2, 0.25) is 0 Å². The normalized spacial score (nSPS) is 31.9. The molecule has 1 N–H and O–H groups in total. The van der Waals surface area contributed by atoms with Crippen molar-refractivity contribution in [2.24, 2.45) is 17.3 Å². The zero-order valence-corrected chi connectivity index (χ0v) is 26.0. The monoisotopic (exact) mass is 575 g/mol. The molecule has 0 saturated heterocycles. The second-order valence-corrected chi connectivity index (χ2v) is 13.6. The lowest BCUT2D eigenvalue weighted by Gasteiger charge is -2.55. The van der Waals surface area contributed by atoms with Gasteiger partial charge in [-0.05, 0) is 105 Å². The summed E-state index contributed by atoms with van der Waals surface area (Å²) in [5, 5.41) is 10.4. The number of carbonyl (C=O) groups is 3. The Hall–Kier alpha value is -2.73. The molecular weight excluding hydrogens is 526 g/mol. The van der Waals surface area contributed by atoms with E-state index in [1.165, 1.54) is 34.9 Å². The molecule has 0 aromatic heterocycles. The predicted molar refractivity (Wildman–Crippen MR) is 165 cm³/mol. The van der Waals surface area contributed by atoms with E-state index >= 15 is 0 Å². The van der Waals surface area contributed by atoms with Crippen LogP contribution in [0.15, 0.2) is 47.1 Å². The lowest BCUT2D eigenvalue weighted by atomic mass is 9.50. The quantitative estimate of drug-likeness (QED) is 0.176. The highest BCUT2D eigenvalue weighted by Gasteiger charge is 2.67. The topological polar surface area (TPSA) is 83.9 Å². The number of rotatable bonds is 11. The van der Waals surface area contributed by atoms with Gasteiger partial charge < -0.3 is 19.5 Å². The molecule has 0 radical (unpaired) electrons. The Bertz CT molecular complexity index is 1250. The first-order valence-electron chi connectivity index (χ1n) is 16.2. The Morgan fingerprint density at radius 3 is 2.48 bits per heavy atom. The van der Waals surface area contributed by atoms with Crippen LogP contribution in [0.4, 0.5) is 5.69 Å². The highest BCUT2D eigenvalue weighted by atomic mass is 16.6. The molecule has 4 aliphatic rings. The molecular formula is C36H49NO5.